The van der Waals surface area contributed by atoms with Crippen LogP contribution in [0.4, 0.5) is 10.6 Å². The first-order chi connectivity index (χ1) is 11.8. The first-order valence-electron chi connectivity index (χ1n) is 7.74. The molecule has 2 aromatic heterocycles. The molecule has 0 saturated heterocycles. The van der Waals surface area contributed by atoms with E-state index in [1.165, 1.54) is 11.2 Å². The van der Waals surface area contributed by atoms with Crippen molar-refractivity contribution in [2.24, 2.45) is 0 Å². The molecule has 0 aliphatic heterocycles. The van der Waals surface area contributed by atoms with Crippen molar-refractivity contribution in [3.8, 4) is 0 Å². The van der Waals surface area contributed by atoms with Gasteiger partial charge in [-0.05, 0) is 37.9 Å². The molecule has 0 fully saturated rings. The van der Waals surface area contributed by atoms with Gasteiger partial charge in [-0.15, -0.1) is 0 Å². The lowest BCUT2D eigenvalue weighted by molar-refractivity contribution is 0.0576. The Labute approximate surface area is 150 Å². The van der Waals surface area contributed by atoms with E-state index in [1.54, 1.807) is 0 Å². The fraction of sp³-hybridized carbons (Fsp3) is 0.294. The molecule has 25 heavy (non-hydrogen) atoms. The van der Waals surface area contributed by atoms with Gasteiger partial charge in [0.2, 0.25) is 5.28 Å². The first-order valence-corrected chi connectivity index (χ1v) is 8.12. The van der Waals surface area contributed by atoms with Gasteiger partial charge in [-0.1, -0.05) is 30.3 Å². The number of nitrogens with zero attached hydrogens (tertiary/aromatic N) is 4. The number of H-pyrrole nitrogens is 1. The second-order valence-corrected chi connectivity index (χ2v) is 6.81. The van der Waals surface area contributed by atoms with Gasteiger partial charge in [0.15, 0.2) is 11.5 Å². The lowest BCUT2D eigenvalue weighted by atomic mass is 10.2. The molecule has 2 heterocycles. The number of rotatable bonds is 3. The van der Waals surface area contributed by atoms with Gasteiger partial charge < -0.3 is 9.72 Å². The van der Waals surface area contributed by atoms with E-state index < -0.39 is 11.7 Å². The number of ether oxygens (including phenoxy) is 1. The first kappa shape index (κ1) is 17.2. The number of anilines is 1. The molecular formula is C17H18ClN5O2. The summed E-state index contributed by atoms with van der Waals surface area (Å²) in [6.45, 7) is 5.70. The highest BCUT2D eigenvalue weighted by atomic mass is 35.5. The third kappa shape index (κ3) is 4.06. The number of carbonyl (C=O) groups excluding carboxylic acids is 1. The molecule has 0 spiro atoms. The topological polar surface area (TPSA) is 84.0 Å². The maximum atomic E-state index is 12.8. The fourth-order valence-corrected chi connectivity index (χ4v) is 2.46. The van der Waals surface area contributed by atoms with Crippen LogP contribution in [0.2, 0.25) is 5.28 Å². The molecule has 3 aromatic rings. The van der Waals surface area contributed by atoms with Gasteiger partial charge >= 0.3 is 6.09 Å². The quantitative estimate of drug-likeness (QED) is 0.716. The van der Waals surface area contributed by atoms with Crippen molar-refractivity contribution in [1.82, 2.24) is 19.9 Å². The van der Waals surface area contributed by atoms with Crippen molar-refractivity contribution < 1.29 is 9.53 Å². The van der Waals surface area contributed by atoms with Crippen LogP contribution >= 0.6 is 11.6 Å². The van der Waals surface area contributed by atoms with E-state index in [-0.39, 0.29) is 11.8 Å². The molecule has 0 saturated carbocycles. The van der Waals surface area contributed by atoms with Crippen molar-refractivity contribution in [2.45, 2.75) is 32.9 Å². The van der Waals surface area contributed by atoms with Crippen LogP contribution in [0.15, 0.2) is 36.7 Å². The Hall–Kier alpha value is -2.67. The van der Waals surface area contributed by atoms with Gasteiger partial charge in [0, 0.05) is 0 Å². The monoisotopic (exact) mass is 359 g/mol. The van der Waals surface area contributed by atoms with E-state index in [2.05, 4.69) is 19.9 Å². The third-order valence-corrected chi connectivity index (χ3v) is 3.46. The molecule has 0 bridgehead atoms. The van der Waals surface area contributed by atoms with Crippen LogP contribution in [0.25, 0.3) is 11.2 Å². The van der Waals surface area contributed by atoms with Gasteiger partial charge in [-0.3, -0.25) is 4.90 Å². The largest absolute Gasteiger partial charge is 0.443 e. The smallest absolute Gasteiger partial charge is 0.416 e. The molecule has 3 rings (SSSR count). The lowest BCUT2D eigenvalue weighted by Gasteiger charge is -2.27. The summed E-state index contributed by atoms with van der Waals surface area (Å²) >= 11 is 6.01. The zero-order chi connectivity index (χ0) is 18.0. The predicted octanol–water partition coefficient (Wildman–Crippen LogP) is 3.95. The second kappa shape index (κ2) is 6.68. The summed E-state index contributed by atoms with van der Waals surface area (Å²) < 4.78 is 5.54. The molecular weight excluding hydrogens is 342 g/mol. The number of halogens is 1. The standard InChI is InChI=1S/C17H18ClN5O2/c1-17(2,3)25-16(24)23(9-11-7-5-4-6-8-11)14-12-13(20-10-19-12)21-15(18)22-14/h4-8,10H,9H2,1-3H3,(H,19,20,21,22). The van der Waals surface area contributed by atoms with Crippen molar-refractivity contribution in [2.75, 3.05) is 4.90 Å². The molecule has 1 amide bonds. The van der Waals surface area contributed by atoms with E-state index >= 15 is 0 Å². The number of carbonyl (C=O) groups is 1. The molecule has 0 aliphatic carbocycles. The molecule has 1 aromatic carbocycles. The third-order valence-electron chi connectivity index (χ3n) is 3.29. The SMILES string of the molecule is CC(C)(C)OC(=O)N(Cc1ccccc1)c1nc(Cl)nc2nc[nH]c12. The molecule has 0 atom stereocenters. The minimum atomic E-state index is -0.643. The minimum Gasteiger partial charge on any atom is -0.443 e. The number of amides is 1. The lowest BCUT2D eigenvalue weighted by Crippen LogP contribution is -2.37. The number of aromatic nitrogens is 4. The average Bonchev–Trinajstić information content (AvgIpc) is 2.99. The number of fused-ring (bicyclic) bond motifs is 1. The molecule has 8 heteroatoms. The Balaban J connectivity index is 2.06. The Morgan fingerprint density at radius 1 is 1.24 bits per heavy atom. The Morgan fingerprint density at radius 3 is 2.64 bits per heavy atom. The maximum absolute atomic E-state index is 12.8. The van der Waals surface area contributed by atoms with Crippen molar-refractivity contribution in [1.29, 1.82) is 0 Å². The summed E-state index contributed by atoms with van der Waals surface area (Å²) in [5, 5.41) is 0.0104. The minimum absolute atomic E-state index is 0.0104. The van der Waals surface area contributed by atoms with E-state index in [1.807, 2.05) is 51.1 Å². The van der Waals surface area contributed by atoms with Crippen LogP contribution in [-0.2, 0) is 11.3 Å². The molecule has 130 valence electrons. The van der Waals surface area contributed by atoms with Crippen LogP contribution in [-0.4, -0.2) is 31.6 Å². The summed E-state index contributed by atoms with van der Waals surface area (Å²) in [4.78, 5) is 29.6. The van der Waals surface area contributed by atoms with Crippen molar-refractivity contribution >= 4 is 34.7 Å². The summed E-state index contributed by atoms with van der Waals surface area (Å²) in [5.74, 6) is 0.325. The molecule has 0 aliphatic rings. The van der Waals surface area contributed by atoms with Gasteiger partial charge in [0.1, 0.15) is 11.1 Å². The molecule has 0 unspecified atom stereocenters. The zero-order valence-electron chi connectivity index (χ0n) is 14.2. The molecule has 7 nitrogen and oxygen atoms in total. The number of imidazole rings is 1. The highest BCUT2D eigenvalue weighted by Gasteiger charge is 2.27. The van der Waals surface area contributed by atoms with Crippen LogP contribution in [0.1, 0.15) is 26.3 Å². The normalized spacial score (nSPS) is 11.5. The summed E-state index contributed by atoms with van der Waals surface area (Å²) in [6.07, 6.45) is 0.955. The Morgan fingerprint density at radius 2 is 1.96 bits per heavy atom. The maximum Gasteiger partial charge on any atom is 0.416 e. The molecule has 1 N–H and O–H groups in total. The van der Waals surface area contributed by atoms with E-state index in [9.17, 15) is 4.79 Å². The zero-order valence-corrected chi connectivity index (χ0v) is 14.9. The van der Waals surface area contributed by atoms with Gasteiger partial charge in [0.25, 0.3) is 0 Å². The van der Waals surface area contributed by atoms with Gasteiger partial charge in [-0.25, -0.2) is 9.78 Å². The Bertz CT molecular complexity index is 889. The highest BCUT2D eigenvalue weighted by molar-refractivity contribution is 6.28. The van der Waals surface area contributed by atoms with Crippen molar-refractivity contribution in [3.05, 3.63) is 47.5 Å². The predicted molar refractivity (Wildman–Crippen MR) is 95.6 cm³/mol. The summed E-state index contributed by atoms with van der Waals surface area (Å²) in [6, 6.07) is 9.56. The van der Waals surface area contributed by atoms with E-state index in [0.29, 0.717) is 17.0 Å². The number of aromatic amines is 1. The van der Waals surface area contributed by atoms with E-state index in [0.717, 1.165) is 5.56 Å². The van der Waals surface area contributed by atoms with Gasteiger partial charge in [-0.2, -0.15) is 9.97 Å². The average molecular weight is 360 g/mol. The van der Waals surface area contributed by atoms with Crippen molar-refractivity contribution in [3.63, 3.8) is 0 Å². The van der Waals surface area contributed by atoms with E-state index in [4.69, 9.17) is 16.3 Å². The fourth-order valence-electron chi connectivity index (χ4n) is 2.30. The van der Waals surface area contributed by atoms with Crippen LogP contribution in [0.3, 0.4) is 0 Å². The number of nitrogens with one attached hydrogen (secondary N) is 1. The number of benzene rings is 1. The number of hydrogen-bond donors (Lipinski definition) is 1. The number of hydrogen-bond acceptors (Lipinski definition) is 5. The highest BCUT2D eigenvalue weighted by Crippen LogP contribution is 2.26. The Kier molecular flexibility index (Phi) is 4.59. The second-order valence-electron chi connectivity index (χ2n) is 6.47. The molecule has 0 radical (unpaired) electrons. The summed E-state index contributed by atoms with van der Waals surface area (Å²) in [7, 11) is 0. The van der Waals surface area contributed by atoms with Crippen LogP contribution < -0.4 is 4.90 Å². The van der Waals surface area contributed by atoms with Crippen LogP contribution in [0, 0.1) is 0 Å². The van der Waals surface area contributed by atoms with Gasteiger partial charge in [0.05, 0.1) is 12.9 Å². The summed E-state index contributed by atoms with van der Waals surface area (Å²) in [5.41, 5.74) is 1.19. The van der Waals surface area contributed by atoms with Crippen LogP contribution in [0.5, 0.6) is 0 Å².